The second-order valence-electron chi connectivity index (χ2n) is 6.58. The summed E-state index contributed by atoms with van der Waals surface area (Å²) in [6.07, 6.45) is 6.48. The van der Waals surface area contributed by atoms with Crippen molar-refractivity contribution < 1.29 is 14.4 Å². The van der Waals surface area contributed by atoms with E-state index in [2.05, 4.69) is 20.5 Å². The number of benzene rings is 1. The van der Waals surface area contributed by atoms with E-state index in [1.807, 2.05) is 30.3 Å². The third-order valence-corrected chi connectivity index (χ3v) is 6.25. The van der Waals surface area contributed by atoms with Gasteiger partial charge >= 0.3 is 0 Å². The number of hydrogen-bond donors (Lipinski definition) is 1. The molecule has 4 rings (SSSR count). The summed E-state index contributed by atoms with van der Waals surface area (Å²) in [4.78, 5) is 42.4. The number of nitrogens with one attached hydrogen (secondary N) is 1. The Morgan fingerprint density at radius 1 is 1.16 bits per heavy atom. The summed E-state index contributed by atoms with van der Waals surface area (Å²) in [7, 11) is 0. The number of carbonyl (C=O) groups is 3. The van der Waals surface area contributed by atoms with Crippen molar-refractivity contribution in [3.63, 3.8) is 0 Å². The minimum atomic E-state index is -0.372. The third-order valence-electron chi connectivity index (χ3n) is 4.40. The van der Waals surface area contributed by atoms with Crippen molar-refractivity contribution in [3.8, 4) is 5.69 Å². The zero-order valence-electron chi connectivity index (χ0n) is 16.7. The standard InChI is InChI=1S/C21H18N6O3S2/c28-18(13-31-20-25-24-14-27(20)16-6-2-1-3-7-16)23-9-10-26-19(29)17(32-21(26)30)11-15-5-4-8-22-12-15/h1-8,11-12,14H,9-10,13H2,(H,23,28). The first kappa shape index (κ1) is 21.8. The molecular weight excluding hydrogens is 448 g/mol. The monoisotopic (exact) mass is 466 g/mol. The number of aromatic nitrogens is 4. The molecule has 1 aliphatic rings. The lowest BCUT2D eigenvalue weighted by Gasteiger charge is -2.13. The van der Waals surface area contributed by atoms with E-state index in [1.54, 1.807) is 41.5 Å². The molecule has 0 spiro atoms. The minimum absolute atomic E-state index is 0.103. The van der Waals surface area contributed by atoms with E-state index in [0.717, 1.165) is 27.9 Å². The molecule has 0 saturated carbocycles. The third kappa shape index (κ3) is 5.24. The Labute approximate surface area is 192 Å². The maximum atomic E-state index is 12.5. The van der Waals surface area contributed by atoms with Gasteiger partial charge in [-0.25, -0.2) is 0 Å². The molecule has 1 saturated heterocycles. The fourth-order valence-corrected chi connectivity index (χ4v) is 4.51. The van der Waals surface area contributed by atoms with Gasteiger partial charge in [0.25, 0.3) is 11.1 Å². The number of hydrogen-bond acceptors (Lipinski definition) is 8. The van der Waals surface area contributed by atoms with E-state index < -0.39 is 0 Å². The summed E-state index contributed by atoms with van der Waals surface area (Å²) in [5, 5.41) is 10.9. The van der Waals surface area contributed by atoms with Crippen LogP contribution in [-0.4, -0.2) is 60.5 Å². The number of para-hydroxylation sites is 1. The Morgan fingerprint density at radius 3 is 2.78 bits per heavy atom. The number of carbonyl (C=O) groups excluding carboxylic acids is 3. The van der Waals surface area contributed by atoms with E-state index in [-0.39, 0.29) is 35.9 Å². The van der Waals surface area contributed by atoms with E-state index in [4.69, 9.17) is 0 Å². The maximum Gasteiger partial charge on any atom is 0.293 e. The first-order valence-electron chi connectivity index (χ1n) is 9.62. The smallest absolute Gasteiger partial charge is 0.293 e. The van der Waals surface area contributed by atoms with Crippen molar-refractivity contribution >= 4 is 46.7 Å². The summed E-state index contributed by atoms with van der Waals surface area (Å²) < 4.78 is 1.80. The van der Waals surface area contributed by atoms with E-state index in [0.29, 0.717) is 10.1 Å². The molecule has 3 heterocycles. The number of imide groups is 1. The van der Waals surface area contributed by atoms with Crippen LogP contribution in [0.5, 0.6) is 0 Å². The van der Waals surface area contributed by atoms with Gasteiger partial charge in [0.15, 0.2) is 5.16 Å². The molecule has 32 heavy (non-hydrogen) atoms. The molecule has 2 aromatic heterocycles. The normalized spacial score (nSPS) is 14.9. The maximum absolute atomic E-state index is 12.5. The number of rotatable bonds is 8. The van der Waals surface area contributed by atoms with Gasteiger partial charge in [0.2, 0.25) is 5.91 Å². The molecule has 1 aliphatic heterocycles. The van der Waals surface area contributed by atoms with Gasteiger partial charge in [-0.1, -0.05) is 36.0 Å². The molecule has 0 radical (unpaired) electrons. The van der Waals surface area contributed by atoms with Gasteiger partial charge in [-0.2, -0.15) is 0 Å². The van der Waals surface area contributed by atoms with Crippen LogP contribution in [0.4, 0.5) is 4.79 Å². The van der Waals surface area contributed by atoms with Gasteiger partial charge in [0.05, 0.1) is 10.7 Å². The molecule has 0 unspecified atom stereocenters. The SMILES string of the molecule is O=C(CSc1nncn1-c1ccccc1)NCCN1C(=O)SC(=Cc2cccnc2)C1=O. The first-order valence-corrected chi connectivity index (χ1v) is 11.4. The average Bonchev–Trinajstić information content (AvgIpc) is 3.39. The highest BCUT2D eigenvalue weighted by molar-refractivity contribution is 8.18. The molecule has 1 N–H and O–H groups in total. The van der Waals surface area contributed by atoms with Crippen molar-refractivity contribution in [3.05, 3.63) is 71.7 Å². The molecule has 9 nitrogen and oxygen atoms in total. The average molecular weight is 467 g/mol. The summed E-state index contributed by atoms with van der Waals surface area (Å²) in [6.45, 7) is 0.272. The first-order chi connectivity index (χ1) is 15.6. The number of pyridine rings is 1. The molecular formula is C21H18N6O3S2. The Morgan fingerprint density at radius 2 is 2.00 bits per heavy atom. The fourth-order valence-electron chi connectivity index (χ4n) is 2.88. The van der Waals surface area contributed by atoms with Crippen LogP contribution in [0, 0.1) is 0 Å². The summed E-state index contributed by atoms with van der Waals surface area (Å²) in [5.41, 5.74) is 1.64. The van der Waals surface area contributed by atoms with Crippen molar-refractivity contribution in [2.24, 2.45) is 0 Å². The summed E-state index contributed by atoms with van der Waals surface area (Å²) in [5.74, 6) is -0.465. The molecule has 1 aromatic carbocycles. The highest BCUT2D eigenvalue weighted by Gasteiger charge is 2.34. The van der Waals surface area contributed by atoms with Crippen LogP contribution < -0.4 is 5.32 Å². The Hall–Kier alpha value is -3.44. The zero-order valence-corrected chi connectivity index (χ0v) is 18.4. The van der Waals surface area contributed by atoms with E-state index in [1.165, 1.54) is 11.8 Å². The topological polar surface area (TPSA) is 110 Å². The van der Waals surface area contributed by atoms with Crippen LogP contribution >= 0.6 is 23.5 Å². The summed E-state index contributed by atoms with van der Waals surface area (Å²) >= 11 is 2.13. The molecule has 162 valence electrons. The largest absolute Gasteiger partial charge is 0.354 e. The Kier molecular flexibility index (Phi) is 6.97. The van der Waals surface area contributed by atoms with E-state index in [9.17, 15) is 14.4 Å². The molecule has 11 heteroatoms. The van der Waals surface area contributed by atoms with Gasteiger partial charge in [0.1, 0.15) is 6.33 Å². The minimum Gasteiger partial charge on any atom is -0.354 e. The summed E-state index contributed by atoms with van der Waals surface area (Å²) in [6, 6.07) is 13.1. The lowest BCUT2D eigenvalue weighted by molar-refractivity contribution is -0.123. The molecule has 3 amide bonds. The van der Waals surface area contributed by atoms with Crippen LogP contribution in [0.3, 0.4) is 0 Å². The van der Waals surface area contributed by atoms with Crippen LogP contribution in [0.15, 0.2) is 71.2 Å². The number of thioether (sulfide) groups is 2. The van der Waals surface area contributed by atoms with Crippen molar-refractivity contribution in [1.29, 1.82) is 0 Å². The van der Waals surface area contributed by atoms with Crippen LogP contribution in [-0.2, 0) is 9.59 Å². The van der Waals surface area contributed by atoms with Gasteiger partial charge in [-0.15, -0.1) is 10.2 Å². The number of amides is 3. The molecule has 0 atom stereocenters. The number of nitrogens with zero attached hydrogens (tertiary/aromatic N) is 5. The molecule has 0 aliphatic carbocycles. The van der Waals surface area contributed by atoms with Crippen molar-refractivity contribution in [1.82, 2.24) is 30.0 Å². The highest BCUT2D eigenvalue weighted by Crippen LogP contribution is 2.31. The second-order valence-corrected chi connectivity index (χ2v) is 8.51. The molecule has 3 aromatic rings. The highest BCUT2D eigenvalue weighted by atomic mass is 32.2. The van der Waals surface area contributed by atoms with Crippen molar-refractivity contribution in [2.75, 3.05) is 18.8 Å². The Balaban J connectivity index is 1.26. The van der Waals surface area contributed by atoms with Gasteiger partial charge < -0.3 is 5.32 Å². The van der Waals surface area contributed by atoms with Gasteiger partial charge in [-0.3, -0.25) is 28.8 Å². The second kappa shape index (κ2) is 10.2. The van der Waals surface area contributed by atoms with E-state index >= 15 is 0 Å². The van der Waals surface area contributed by atoms with Crippen LogP contribution in [0.1, 0.15) is 5.56 Å². The van der Waals surface area contributed by atoms with Crippen LogP contribution in [0.2, 0.25) is 0 Å². The lowest BCUT2D eigenvalue weighted by Crippen LogP contribution is -2.37. The van der Waals surface area contributed by atoms with Gasteiger partial charge in [-0.05, 0) is 41.6 Å². The quantitative estimate of drug-likeness (QED) is 0.399. The predicted octanol–water partition coefficient (Wildman–Crippen LogP) is 2.61. The fraction of sp³-hybridized carbons (Fsp3) is 0.143. The lowest BCUT2D eigenvalue weighted by atomic mass is 10.2. The Bertz CT molecular complexity index is 1150. The predicted molar refractivity (Wildman–Crippen MR) is 122 cm³/mol. The molecule has 0 bridgehead atoms. The van der Waals surface area contributed by atoms with Gasteiger partial charge in [0, 0.05) is 31.2 Å². The van der Waals surface area contributed by atoms with Crippen LogP contribution in [0.25, 0.3) is 11.8 Å². The van der Waals surface area contributed by atoms with Crippen molar-refractivity contribution in [2.45, 2.75) is 5.16 Å². The molecule has 1 fully saturated rings. The zero-order chi connectivity index (χ0) is 22.3.